The largest absolute Gasteiger partial charge is 0.493 e. The molecule has 2 aromatic rings. The molecule has 0 amide bonds. The average molecular weight is 335 g/mol. The lowest BCUT2D eigenvalue weighted by atomic mass is 10.2. The van der Waals surface area contributed by atoms with Gasteiger partial charge in [0.2, 0.25) is 0 Å². The van der Waals surface area contributed by atoms with Crippen molar-refractivity contribution >= 4 is 15.9 Å². The van der Waals surface area contributed by atoms with E-state index < -0.39 is 0 Å². The van der Waals surface area contributed by atoms with Crippen LogP contribution >= 0.6 is 15.9 Å². The Kier molecular flexibility index (Phi) is 6.45. The zero-order valence-electron chi connectivity index (χ0n) is 11.4. The quantitative estimate of drug-likeness (QED) is 0.509. The molecule has 0 spiro atoms. The Hall–Kier alpha value is -1.48. The summed E-state index contributed by atoms with van der Waals surface area (Å²) in [4.78, 5) is 0. The molecule has 0 N–H and O–H groups in total. The third-order valence-corrected chi connectivity index (χ3v) is 3.41. The Morgan fingerprint density at radius 1 is 0.800 bits per heavy atom. The smallest absolute Gasteiger partial charge is 0.123 e. The lowest BCUT2D eigenvalue weighted by molar-refractivity contribution is 0.292. The second-order valence-electron chi connectivity index (χ2n) is 4.49. The van der Waals surface area contributed by atoms with Crippen LogP contribution in [0.15, 0.2) is 54.6 Å². The predicted octanol–water partition coefficient (Wildman–Crippen LogP) is 4.82. The molecule has 2 aromatic carbocycles. The van der Waals surface area contributed by atoms with E-state index in [0.717, 1.165) is 41.8 Å². The van der Waals surface area contributed by atoms with Gasteiger partial charge in [-0.1, -0.05) is 52.3 Å². The Labute approximate surface area is 128 Å². The van der Waals surface area contributed by atoms with Crippen LogP contribution in [0, 0.1) is 0 Å². The number of alkyl halides is 1. The molecule has 0 saturated heterocycles. The summed E-state index contributed by atoms with van der Waals surface area (Å²) < 4.78 is 11.5. The van der Waals surface area contributed by atoms with Crippen molar-refractivity contribution in [2.45, 2.75) is 19.4 Å². The van der Waals surface area contributed by atoms with Crippen molar-refractivity contribution < 1.29 is 9.47 Å². The van der Waals surface area contributed by atoms with Crippen molar-refractivity contribution in [2.24, 2.45) is 0 Å². The molecule has 0 unspecified atom stereocenters. The Bertz CT molecular complexity index is 499. The number of unbranched alkanes of at least 4 members (excludes halogenated alkanes) is 1. The maximum atomic E-state index is 5.77. The summed E-state index contributed by atoms with van der Waals surface area (Å²) >= 11 is 3.41. The summed E-state index contributed by atoms with van der Waals surface area (Å²) in [7, 11) is 0. The van der Waals surface area contributed by atoms with Crippen LogP contribution in [-0.2, 0) is 6.61 Å². The van der Waals surface area contributed by atoms with Gasteiger partial charge in [-0.05, 0) is 30.5 Å². The summed E-state index contributed by atoms with van der Waals surface area (Å²) in [6.45, 7) is 1.32. The van der Waals surface area contributed by atoms with E-state index in [1.165, 1.54) is 0 Å². The average Bonchev–Trinajstić information content (AvgIpc) is 2.51. The van der Waals surface area contributed by atoms with Crippen LogP contribution in [0.1, 0.15) is 18.4 Å². The SMILES string of the molecule is BrCCCCOc1cccc(OCc2ccccc2)c1. The first kappa shape index (κ1) is 14.9. The van der Waals surface area contributed by atoms with Gasteiger partial charge in [0, 0.05) is 11.4 Å². The fraction of sp³-hybridized carbons (Fsp3) is 0.294. The van der Waals surface area contributed by atoms with Gasteiger partial charge in [0.15, 0.2) is 0 Å². The number of hydrogen-bond donors (Lipinski definition) is 0. The standard InChI is InChI=1S/C17H19BrO2/c18-11-4-5-12-19-16-9-6-10-17(13-16)20-14-15-7-2-1-3-8-15/h1-3,6-10,13H,4-5,11-12,14H2. The molecule has 0 aliphatic heterocycles. The minimum Gasteiger partial charge on any atom is -0.493 e. The Balaban J connectivity index is 1.83. The van der Waals surface area contributed by atoms with E-state index >= 15 is 0 Å². The van der Waals surface area contributed by atoms with Crippen molar-refractivity contribution in [3.05, 3.63) is 60.2 Å². The van der Waals surface area contributed by atoms with Gasteiger partial charge < -0.3 is 9.47 Å². The molecule has 0 aliphatic carbocycles. The number of halogens is 1. The van der Waals surface area contributed by atoms with Crippen molar-refractivity contribution in [3.63, 3.8) is 0 Å². The van der Waals surface area contributed by atoms with Gasteiger partial charge in [-0.3, -0.25) is 0 Å². The molecule has 0 radical (unpaired) electrons. The molecule has 0 atom stereocenters. The molecular weight excluding hydrogens is 316 g/mol. The zero-order valence-corrected chi connectivity index (χ0v) is 13.0. The maximum absolute atomic E-state index is 5.77. The molecule has 0 heterocycles. The van der Waals surface area contributed by atoms with Crippen LogP contribution in [0.5, 0.6) is 11.5 Å². The molecule has 0 saturated carbocycles. The van der Waals surface area contributed by atoms with Crippen molar-refractivity contribution in [3.8, 4) is 11.5 Å². The van der Waals surface area contributed by atoms with Gasteiger partial charge >= 0.3 is 0 Å². The van der Waals surface area contributed by atoms with E-state index in [4.69, 9.17) is 9.47 Å². The van der Waals surface area contributed by atoms with Gasteiger partial charge in [-0.25, -0.2) is 0 Å². The summed E-state index contributed by atoms with van der Waals surface area (Å²) in [6.07, 6.45) is 2.19. The summed E-state index contributed by atoms with van der Waals surface area (Å²) in [5.74, 6) is 1.71. The van der Waals surface area contributed by atoms with Crippen LogP contribution < -0.4 is 9.47 Å². The summed E-state index contributed by atoms with van der Waals surface area (Å²) in [5.41, 5.74) is 1.16. The highest BCUT2D eigenvalue weighted by molar-refractivity contribution is 9.09. The van der Waals surface area contributed by atoms with Crippen LogP contribution in [0.2, 0.25) is 0 Å². The van der Waals surface area contributed by atoms with Gasteiger partial charge in [0.25, 0.3) is 0 Å². The fourth-order valence-electron chi connectivity index (χ4n) is 1.78. The minimum absolute atomic E-state index is 0.577. The number of ether oxygens (including phenoxy) is 2. The Morgan fingerprint density at radius 2 is 1.55 bits per heavy atom. The number of benzene rings is 2. The topological polar surface area (TPSA) is 18.5 Å². The molecule has 0 aliphatic rings. The highest BCUT2D eigenvalue weighted by atomic mass is 79.9. The Morgan fingerprint density at radius 3 is 2.30 bits per heavy atom. The van der Waals surface area contributed by atoms with E-state index in [1.807, 2.05) is 42.5 Å². The van der Waals surface area contributed by atoms with Crippen LogP contribution in [0.4, 0.5) is 0 Å². The van der Waals surface area contributed by atoms with Gasteiger partial charge in [-0.2, -0.15) is 0 Å². The highest BCUT2D eigenvalue weighted by Gasteiger charge is 1.99. The zero-order chi connectivity index (χ0) is 14.0. The first-order chi connectivity index (χ1) is 9.88. The second kappa shape index (κ2) is 8.64. The van der Waals surface area contributed by atoms with E-state index in [0.29, 0.717) is 6.61 Å². The van der Waals surface area contributed by atoms with Crippen molar-refractivity contribution in [2.75, 3.05) is 11.9 Å². The van der Waals surface area contributed by atoms with Gasteiger partial charge in [0.05, 0.1) is 6.61 Å². The molecule has 2 rings (SSSR count). The van der Waals surface area contributed by atoms with Crippen LogP contribution in [0.3, 0.4) is 0 Å². The first-order valence-corrected chi connectivity index (χ1v) is 7.96. The third-order valence-electron chi connectivity index (χ3n) is 2.85. The van der Waals surface area contributed by atoms with Gasteiger partial charge in [-0.15, -0.1) is 0 Å². The highest BCUT2D eigenvalue weighted by Crippen LogP contribution is 2.20. The number of rotatable bonds is 8. The van der Waals surface area contributed by atoms with E-state index in [1.54, 1.807) is 0 Å². The molecule has 0 bridgehead atoms. The summed E-state index contributed by atoms with van der Waals surface area (Å²) in [5, 5.41) is 1.02. The maximum Gasteiger partial charge on any atom is 0.123 e. The van der Waals surface area contributed by atoms with Gasteiger partial charge in [0.1, 0.15) is 18.1 Å². The molecule has 0 aromatic heterocycles. The number of hydrogen-bond acceptors (Lipinski definition) is 2. The van der Waals surface area contributed by atoms with Crippen molar-refractivity contribution in [1.82, 2.24) is 0 Å². The van der Waals surface area contributed by atoms with E-state index in [-0.39, 0.29) is 0 Å². The molecule has 2 nitrogen and oxygen atoms in total. The lowest BCUT2D eigenvalue weighted by Gasteiger charge is -2.09. The van der Waals surface area contributed by atoms with E-state index in [2.05, 4.69) is 28.1 Å². The normalized spacial score (nSPS) is 10.2. The van der Waals surface area contributed by atoms with Crippen molar-refractivity contribution in [1.29, 1.82) is 0 Å². The monoisotopic (exact) mass is 334 g/mol. The van der Waals surface area contributed by atoms with E-state index in [9.17, 15) is 0 Å². The lowest BCUT2D eigenvalue weighted by Crippen LogP contribution is -1.99. The van der Waals surface area contributed by atoms with Crippen LogP contribution in [0.25, 0.3) is 0 Å². The molecule has 106 valence electrons. The molecule has 3 heteroatoms. The summed E-state index contributed by atoms with van der Waals surface area (Å²) in [6, 6.07) is 18.0. The molecule has 0 fully saturated rings. The predicted molar refractivity (Wildman–Crippen MR) is 85.7 cm³/mol. The third kappa shape index (κ3) is 5.25. The molecular formula is C17H19BrO2. The molecule has 20 heavy (non-hydrogen) atoms. The minimum atomic E-state index is 0.577. The fourth-order valence-corrected chi connectivity index (χ4v) is 2.18. The second-order valence-corrected chi connectivity index (χ2v) is 5.29. The van der Waals surface area contributed by atoms with Crippen LogP contribution in [-0.4, -0.2) is 11.9 Å². The first-order valence-electron chi connectivity index (χ1n) is 6.84.